The van der Waals surface area contributed by atoms with Crippen LogP contribution in [0.3, 0.4) is 0 Å². The minimum Gasteiger partial charge on any atom is -0.383 e. The van der Waals surface area contributed by atoms with Crippen LogP contribution < -0.4 is 5.73 Å². The first-order valence-corrected chi connectivity index (χ1v) is 4.58. The Morgan fingerprint density at radius 3 is 3.00 bits per heavy atom. The molecule has 0 radical (unpaired) electrons. The maximum absolute atomic E-state index is 5.75. The second-order valence-electron chi connectivity index (χ2n) is 3.65. The molecule has 0 atom stereocenters. The molecule has 3 heteroatoms. The van der Waals surface area contributed by atoms with Crippen molar-refractivity contribution in [3.63, 3.8) is 0 Å². The molecular weight excluding hydrogens is 162 g/mol. The zero-order chi connectivity index (χ0) is 8.84. The third-order valence-electron chi connectivity index (χ3n) is 2.58. The zero-order valence-electron chi connectivity index (χ0n) is 7.25. The van der Waals surface area contributed by atoms with Gasteiger partial charge in [-0.2, -0.15) is 0 Å². The van der Waals surface area contributed by atoms with E-state index >= 15 is 0 Å². The van der Waals surface area contributed by atoms with Crippen molar-refractivity contribution in [2.75, 3.05) is 5.73 Å². The van der Waals surface area contributed by atoms with Crippen molar-refractivity contribution in [1.29, 1.82) is 0 Å². The van der Waals surface area contributed by atoms with Crippen LogP contribution in [0.5, 0.6) is 0 Å². The van der Waals surface area contributed by atoms with E-state index in [0.717, 1.165) is 10.9 Å². The highest BCUT2D eigenvalue weighted by Gasteiger charge is 2.25. The van der Waals surface area contributed by atoms with Gasteiger partial charge >= 0.3 is 0 Å². The van der Waals surface area contributed by atoms with Crippen LogP contribution in [0.2, 0.25) is 0 Å². The van der Waals surface area contributed by atoms with E-state index in [1.807, 2.05) is 6.20 Å². The highest BCUT2D eigenvalue weighted by atomic mass is 14.9. The van der Waals surface area contributed by atoms with Gasteiger partial charge in [-0.25, -0.2) is 4.98 Å². The van der Waals surface area contributed by atoms with Gasteiger partial charge in [0.05, 0.1) is 0 Å². The van der Waals surface area contributed by atoms with E-state index in [1.165, 1.54) is 18.5 Å². The molecule has 0 aliphatic heterocycles. The number of hydrogen-bond acceptors (Lipinski definition) is 2. The molecule has 66 valence electrons. The number of rotatable bonds is 1. The highest BCUT2D eigenvalue weighted by Crippen LogP contribution is 2.39. The molecule has 0 aromatic carbocycles. The summed E-state index contributed by atoms with van der Waals surface area (Å²) in [5, 5.41) is 1.10. The SMILES string of the molecule is Nc1[nH]cc2ccc(C3CC3)nc12. The number of nitrogen functional groups attached to an aromatic ring is 1. The van der Waals surface area contributed by atoms with Gasteiger partial charge in [-0.15, -0.1) is 0 Å². The van der Waals surface area contributed by atoms with E-state index in [0.29, 0.717) is 11.7 Å². The number of aromatic nitrogens is 2. The Balaban J connectivity index is 2.24. The number of anilines is 1. The molecule has 2 heterocycles. The molecule has 1 saturated carbocycles. The second kappa shape index (κ2) is 2.25. The smallest absolute Gasteiger partial charge is 0.127 e. The fourth-order valence-electron chi connectivity index (χ4n) is 1.65. The first-order chi connectivity index (χ1) is 6.34. The molecule has 3 rings (SSSR count). The summed E-state index contributed by atoms with van der Waals surface area (Å²) in [4.78, 5) is 7.52. The zero-order valence-corrected chi connectivity index (χ0v) is 7.25. The maximum atomic E-state index is 5.75. The average molecular weight is 173 g/mol. The lowest BCUT2D eigenvalue weighted by Crippen LogP contribution is -1.89. The number of nitrogens with two attached hydrogens (primary N) is 1. The Hall–Kier alpha value is -1.51. The van der Waals surface area contributed by atoms with Gasteiger partial charge in [-0.05, 0) is 25.0 Å². The summed E-state index contributed by atoms with van der Waals surface area (Å²) in [6.45, 7) is 0. The minimum atomic E-state index is 0.678. The van der Waals surface area contributed by atoms with Gasteiger partial charge in [0, 0.05) is 23.2 Å². The van der Waals surface area contributed by atoms with E-state index in [9.17, 15) is 0 Å². The topological polar surface area (TPSA) is 54.7 Å². The molecule has 1 aliphatic carbocycles. The summed E-state index contributed by atoms with van der Waals surface area (Å²) in [7, 11) is 0. The predicted molar refractivity (Wildman–Crippen MR) is 52.5 cm³/mol. The Labute approximate surface area is 76.0 Å². The fraction of sp³-hybridized carbons (Fsp3) is 0.300. The lowest BCUT2D eigenvalue weighted by molar-refractivity contribution is 1.05. The third-order valence-corrected chi connectivity index (χ3v) is 2.58. The van der Waals surface area contributed by atoms with Crippen LogP contribution in [0.1, 0.15) is 24.5 Å². The molecule has 0 amide bonds. The Bertz CT molecular complexity index is 454. The molecule has 3 N–H and O–H groups in total. The van der Waals surface area contributed by atoms with Crippen molar-refractivity contribution in [3.8, 4) is 0 Å². The van der Waals surface area contributed by atoms with Gasteiger partial charge in [0.1, 0.15) is 11.3 Å². The van der Waals surface area contributed by atoms with Crippen molar-refractivity contribution < 1.29 is 0 Å². The molecule has 3 nitrogen and oxygen atoms in total. The van der Waals surface area contributed by atoms with Crippen molar-refractivity contribution in [3.05, 3.63) is 24.0 Å². The van der Waals surface area contributed by atoms with Crippen LogP contribution in [0.4, 0.5) is 5.82 Å². The monoisotopic (exact) mass is 173 g/mol. The summed E-state index contributed by atoms with van der Waals surface area (Å²) in [6.07, 6.45) is 4.46. The number of nitrogens with zero attached hydrogens (tertiary/aromatic N) is 1. The van der Waals surface area contributed by atoms with Gasteiger partial charge in [-0.1, -0.05) is 0 Å². The largest absolute Gasteiger partial charge is 0.383 e. The maximum Gasteiger partial charge on any atom is 0.127 e. The molecule has 1 aliphatic rings. The Morgan fingerprint density at radius 2 is 2.23 bits per heavy atom. The molecule has 2 aromatic heterocycles. The van der Waals surface area contributed by atoms with Gasteiger partial charge in [0.2, 0.25) is 0 Å². The van der Waals surface area contributed by atoms with Gasteiger partial charge in [0.15, 0.2) is 0 Å². The molecule has 13 heavy (non-hydrogen) atoms. The van der Waals surface area contributed by atoms with Crippen LogP contribution >= 0.6 is 0 Å². The van der Waals surface area contributed by atoms with Crippen LogP contribution in [0.15, 0.2) is 18.3 Å². The first-order valence-electron chi connectivity index (χ1n) is 4.58. The number of nitrogens with one attached hydrogen (secondary N) is 1. The van der Waals surface area contributed by atoms with Gasteiger partial charge in [0.25, 0.3) is 0 Å². The van der Waals surface area contributed by atoms with Crippen molar-refractivity contribution in [2.45, 2.75) is 18.8 Å². The Kier molecular flexibility index (Phi) is 1.20. The minimum absolute atomic E-state index is 0.678. The number of pyridine rings is 1. The van der Waals surface area contributed by atoms with Crippen LogP contribution in [-0.4, -0.2) is 9.97 Å². The van der Waals surface area contributed by atoms with E-state index in [1.54, 1.807) is 0 Å². The van der Waals surface area contributed by atoms with Gasteiger partial charge in [-0.3, -0.25) is 0 Å². The molecular formula is C10H11N3. The van der Waals surface area contributed by atoms with E-state index < -0.39 is 0 Å². The number of H-pyrrole nitrogens is 1. The second-order valence-corrected chi connectivity index (χ2v) is 3.65. The normalized spacial score (nSPS) is 16.6. The van der Waals surface area contributed by atoms with Crippen LogP contribution in [0, 0.1) is 0 Å². The van der Waals surface area contributed by atoms with Gasteiger partial charge < -0.3 is 10.7 Å². The molecule has 0 spiro atoms. The summed E-state index contributed by atoms with van der Waals surface area (Å²) < 4.78 is 0. The first kappa shape index (κ1) is 6.95. The van der Waals surface area contributed by atoms with E-state index in [2.05, 4.69) is 22.1 Å². The highest BCUT2D eigenvalue weighted by molar-refractivity contribution is 5.88. The Morgan fingerprint density at radius 1 is 1.38 bits per heavy atom. The summed E-state index contributed by atoms with van der Waals surface area (Å²) in [5.74, 6) is 1.37. The lowest BCUT2D eigenvalue weighted by atomic mass is 10.2. The van der Waals surface area contributed by atoms with Crippen LogP contribution in [0.25, 0.3) is 10.9 Å². The summed E-state index contributed by atoms with van der Waals surface area (Å²) in [5.41, 5.74) is 7.86. The van der Waals surface area contributed by atoms with Crippen LogP contribution in [-0.2, 0) is 0 Å². The number of fused-ring (bicyclic) bond motifs is 1. The van der Waals surface area contributed by atoms with E-state index in [-0.39, 0.29) is 0 Å². The summed E-state index contributed by atoms with van der Waals surface area (Å²) in [6, 6.07) is 4.19. The quantitative estimate of drug-likeness (QED) is 0.693. The fourth-order valence-corrected chi connectivity index (χ4v) is 1.65. The van der Waals surface area contributed by atoms with Crippen molar-refractivity contribution in [1.82, 2.24) is 9.97 Å². The van der Waals surface area contributed by atoms with Crippen molar-refractivity contribution >= 4 is 16.7 Å². The number of aromatic amines is 1. The lowest BCUT2D eigenvalue weighted by Gasteiger charge is -1.97. The standard InChI is InChI=1S/C10H11N3/c11-10-9-7(5-12-10)3-4-8(13-9)6-1-2-6/h3-6,12H,1-2,11H2. The molecule has 1 fully saturated rings. The average Bonchev–Trinajstić information content (AvgIpc) is 2.93. The van der Waals surface area contributed by atoms with Crippen molar-refractivity contribution in [2.24, 2.45) is 0 Å². The molecule has 2 aromatic rings. The third kappa shape index (κ3) is 1.00. The van der Waals surface area contributed by atoms with E-state index in [4.69, 9.17) is 5.73 Å². The molecule has 0 unspecified atom stereocenters. The molecule has 0 saturated heterocycles. The predicted octanol–water partition coefficient (Wildman–Crippen LogP) is 2.02. The summed E-state index contributed by atoms with van der Waals surface area (Å²) >= 11 is 0. The number of hydrogen-bond donors (Lipinski definition) is 2. The molecule has 0 bridgehead atoms.